The Bertz CT molecular complexity index is 661. The van der Waals surface area contributed by atoms with E-state index < -0.39 is 27.1 Å². The summed E-state index contributed by atoms with van der Waals surface area (Å²) in [6, 6.07) is 3.10. The minimum absolute atomic E-state index is 0.0506. The second-order valence-electron chi connectivity index (χ2n) is 4.69. The number of nitro groups is 2. The minimum atomic E-state index is -1.85. The van der Waals surface area contributed by atoms with Gasteiger partial charge in [0.2, 0.25) is 0 Å². The summed E-state index contributed by atoms with van der Waals surface area (Å²) in [5.74, 6) is -1.85. The quantitative estimate of drug-likeness (QED) is 0.498. The third-order valence-electron chi connectivity index (χ3n) is 3.06. The first-order valence-corrected chi connectivity index (χ1v) is 6.42. The van der Waals surface area contributed by atoms with Gasteiger partial charge in [-0.05, 0) is 19.9 Å². The molecule has 0 amide bonds. The summed E-state index contributed by atoms with van der Waals surface area (Å²) in [6.07, 6.45) is 0.0506. The van der Waals surface area contributed by atoms with Gasteiger partial charge in [-0.25, -0.2) is 5.01 Å². The van der Waals surface area contributed by atoms with Crippen LogP contribution in [0.15, 0.2) is 23.3 Å². The van der Waals surface area contributed by atoms with Crippen LogP contribution >= 0.6 is 0 Å². The Morgan fingerprint density at radius 2 is 2.09 bits per heavy atom. The number of anilines is 1. The Balaban J connectivity index is 2.55. The van der Waals surface area contributed by atoms with Crippen molar-refractivity contribution in [1.82, 2.24) is 0 Å². The van der Waals surface area contributed by atoms with Crippen molar-refractivity contribution in [3.05, 3.63) is 38.4 Å². The fourth-order valence-electron chi connectivity index (χ4n) is 2.23. The number of non-ortho nitro benzene ring substituents is 1. The number of nitro benzene ring substituents is 2. The van der Waals surface area contributed by atoms with Crippen molar-refractivity contribution < 1.29 is 19.7 Å². The van der Waals surface area contributed by atoms with E-state index in [1.807, 2.05) is 0 Å². The first-order chi connectivity index (χ1) is 10.3. The highest BCUT2D eigenvalue weighted by Gasteiger charge is 2.44. The number of ether oxygens (including phenoxy) is 1. The second-order valence-corrected chi connectivity index (χ2v) is 4.69. The topological polar surface area (TPSA) is 131 Å². The van der Waals surface area contributed by atoms with Crippen LogP contribution in [0.3, 0.4) is 0 Å². The van der Waals surface area contributed by atoms with Crippen LogP contribution in [0, 0.1) is 20.2 Å². The molecule has 22 heavy (non-hydrogen) atoms. The first kappa shape index (κ1) is 15.8. The van der Waals surface area contributed by atoms with Gasteiger partial charge in [-0.15, -0.1) is 0 Å². The molecule has 0 bridgehead atoms. The molecule has 1 N–H and O–H groups in total. The summed E-state index contributed by atoms with van der Waals surface area (Å²) in [5, 5.41) is 37.5. The van der Waals surface area contributed by atoms with Crippen LogP contribution in [-0.4, -0.2) is 33.2 Å². The van der Waals surface area contributed by atoms with Crippen LogP contribution in [0.5, 0.6) is 0 Å². The molecule has 0 radical (unpaired) electrons. The van der Waals surface area contributed by atoms with Crippen LogP contribution in [-0.2, 0) is 4.74 Å². The third kappa shape index (κ3) is 2.73. The van der Waals surface area contributed by atoms with Crippen molar-refractivity contribution in [3.63, 3.8) is 0 Å². The zero-order valence-corrected chi connectivity index (χ0v) is 11.9. The Morgan fingerprint density at radius 3 is 2.64 bits per heavy atom. The van der Waals surface area contributed by atoms with Gasteiger partial charge in [0, 0.05) is 18.4 Å². The molecule has 0 aromatic heterocycles. The van der Waals surface area contributed by atoms with E-state index in [-0.39, 0.29) is 18.7 Å². The van der Waals surface area contributed by atoms with Gasteiger partial charge in [0.05, 0.1) is 22.3 Å². The highest BCUT2D eigenvalue weighted by atomic mass is 16.7. The van der Waals surface area contributed by atoms with E-state index >= 15 is 0 Å². The zero-order chi connectivity index (χ0) is 16.5. The molecule has 118 valence electrons. The molecule has 0 fully saturated rings. The largest absolute Gasteiger partial charge is 0.347 e. The minimum Gasteiger partial charge on any atom is -0.347 e. The molecule has 1 heterocycles. The van der Waals surface area contributed by atoms with Crippen LogP contribution in [0.1, 0.15) is 20.3 Å². The summed E-state index contributed by atoms with van der Waals surface area (Å²) >= 11 is 0. The molecule has 0 aliphatic carbocycles. The predicted octanol–water partition coefficient (Wildman–Crippen LogP) is 1.77. The van der Waals surface area contributed by atoms with Crippen molar-refractivity contribution in [2.45, 2.75) is 26.2 Å². The molecule has 1 aromatic rings. The average molecular weight is 310 g/mol. The molecule has 0 spiro atoms. The SMILES string of the molecule is CCOC1(O)CC(C)=NN1c1ccc([N+](=O)[O-])cc1[N+](=O)[O-]. The molecule has 0 saturated heterocycles. The van der Waals surface area contributed by atoms with Gasteiger partial charge in [0.15, 0.2) is 0 Å². The molecule has 10 nitrogen and oxygen atoms in total. The van der Waals surface area contributed by atoms with Crippen LogP contribution in [0.4, 0.5) is 17.1 Å². The summed E-state index contributed by atoms with van der Waals surface area (Å²) in [4.78, 5) is 20.4. The molecule has 1 unspecified atom stereocenters. The fraction of sp³-hybridized carbons (Fsp3) is 0.417. The molecule has 10 heteroatoms. The van der Waals surface area contributed by atoms with E-state index in [0.29, 0.717) is 5.71 Å². The molecule has 1 atom stereocenters. The smallest absolute Gasteiger partial charge is 0.301 e. The van der Waals surface area contributed by atoms with Gasteiger partial charge >= 0.3 is 5.69 Å². The number of benzene rings is 1. The van der Waals surface area contributed by atoms with Crippen LogP contribution in [0.25, 0.3) is 0 Å². The highest BCUT2D eigenvalue weighted by Crippen LogP contribution is 2.39. The average Bonchev–Trinajstić information content (AvgIpc) is 2.73. The summed E-state index contributed by atoms with van der Waals surface area (Å²) in [7, 11) is 0. The van der Waals surface area contributed by atoms with Gasteiger partial charge in [0.1, 0.15) is 5.69 Å². The van der Waals surface area contributed by atoms with Gasteiger partial charge < -0.3 is 9.84 Å². The van der Waals surface area contributed by atoms with E-state index in [2.05, 4.69) is 5.10 Å². The Morgan fingerprint density at radius 1 is 1.41 bits per heavy atom. The molecule has 2 rings (SSSR count). The zero-order valence-electron chi connectivity index (χ0n) is 11.9. The maximum absolute atomic E-state index is 11.2. The number of hydrogen-bond acceptors (Lipinski definition) is 8. The fourth-order valence-corrected chi connectivity index (χ4v) is 2.23. The lowest BCUT2D eigenvalue weighted by Gasteiger charge is -2.31. The monoisotopic (exact) mass is 310 g/mol. The number of hydrogen-bond donors (Lipinski definition) is 1. The number of rotatable bonds is 5. The van der Waals surface area contributed by atoms with E-state index in [1.54, 1.807) is 13.8 Å². The lowest BCUT2D eigenvalue weighted by atomic mass is 10.2. The lowest BCUT2D eigenvalue weighted by Crippen LogP contribution is -2.45. The molecular formula is C12H14N4O6. The molecule has 1 aliphatic heterocycles. The highest BCUT2D eigenvalue weighted by molar-refractivity contribution is 5.87. The van der Waals surface area contributed by atoms with Crippen molar-refractivity contribution in [1.29, 1.82) is 0 Å². The standard InChI is InChI=1S/C12H14N4O6/c1-3-22-12(17)7-8(2)13-14(12)10-5-4-9(15(18)19)6-11(10)16(20)21/h4-6,17H,3,7H2,1-2H3. The molecule has 0 saturated carbocycles. The number of nitrogens with zero attached hydrogens (tertiary/aromatic N) is 4. The van der Waals surface area contributed by atoms with Crippen molar-refractivity contribution in [2.75, 3.05) is 11.6 Å². The van der Waals surface area contributed by atoms with Crippen LogP contribution in [0.2, 0.25) is 0 Å². The normalized spacial score (nSPS) is 20.9. The number of hydrazone groups is 1. The predicted molar refractivity (Wildman–Crippen MR) is 76.5 cm³/mol. The maximum Gasteiger partial charge on any atom is 0.301 e. The second kappa shape index (κ2) is 5.66. The van der Waals surface area contributed by atoms with E-state index in [1.165, 1.54) is 6.07 Å². The summed E-state index contributed by atoms with van der Waals surface area (Å²) < 4.78 is 5.25. The maximum atomic E-state index is 11.2. The Hall–Kier alpha value is -2.59. The van der Waals surface area contributed by atoms with Gasteiger partial charge in [-0.2, -0.15) is 5.10 Å². The van der Waals surface area contributed by atoms with E-state index in [4.69, 9.17) is 4.74 Å². The summed E-state index contributed by atoms with van der Waals surface area (Å²) in [5.41, 5.74) is -0.520. The molecule has 1 aromatic carbocycles. The molecular weight excluding hydrogens is 296 g/mol. The Kier molecular flexibility index (Phi) is 4.06. The van der Waals surface area contributed by atoms with Crippen molar-refractivity contribution in [3.8, 4) is 0 Å². The van der Waals surface area contributed by atoms with Gasteiger partial charge in [0.25, 0.3) is 11.6 Å². The van der Waals surface area contributed by atoms with E-state index in [0.717, 1.165) is 17.1 Å². The third-order valence-corrected chi connectivity index (χ3v) is 3.06. The van der Waals surface area contributed by atoms with Crippen LogP contribution < -0.4 is 5.01 Å². The van der Waals surface area contributed by atoms with Crippen molar-refractivity contribution >= 4 is 22.8 Å². The summed E-state index contributed by atoms with van der Waals surface area (Å²) in [6.45, 7) is 3.46. The van der Waals surface area contributed by atoms with Gasteiger partial charge in [-0.1, -0.05) is 0 Å². The molecule has 1 aliphatic rings. The van der Waals surface area contributed by atoms with Gasteiger partial charge in [-0.3, -0.25) is 20.2 Å². The number of aliphatic hydroxyl groups is 1. The van der Waals surface area contributed by atoms with Crippen molar-refractivity contribution in [2.24, 2.45) is 5.10 Å². The lowest BCUT2D eigenvalue weighted by molar-refractivity contribution is -0.393. The Labute approximate surface area is 124 Å². The first-order valence-electron chi connectivity index (χ1n) is 6.42. The van der Waals surface area contributed by atoms with E-state index in [9.17, 15) is 25.3 Å².